The van der Waals surface area contributed by atoms with Gasteiger partial charge in [-0.05, 0) is 30.5 Å². The van der Waals surface area contributed by atoms with Crippen molar-refractivity contribution in [2.24, 2.45) is 5.73 Å². The minimum absolute atomic E-state index is 0. The molecule has 0 saturated carbocycles. The molecule has 1 heterocycles. The van der Waals surface area contributed by atoms with E-state index in [1.54, 1.807) is 12.1 Å². The summed E-state index contributed by atoms with van der Waals surface area (Å²) in [5.41, 5.74) is 6.31. The number of ether oxygens (including phenoxy) is 2. The lowest BCUT2D eigenvalue weighted by Gasteiger charge is -2.33. The lowest BCUT2D eigenvalue weighted by molar-refractivity contribution is -0.274. The van der Waals surface area contributed by atoms with Crippen molar-refractivity contribution in [2.75, 3.05) is 13.2 Å². The van der Waals surface area contributed by atoms with Crippen molar-refractivity contribution in [1.29, 1.82) is 0 Å². The molecule has 1 unspecified atom stereocenters. The third-order valence-electron chi connectivity index (χ3n) is 2.93. The van der Waals surface area contributed by atoms with Crippen molar-refractivity contribution >= 4 is 12.4 Å². The molecule has 0 bridgehead atoms. The van der Waals surface area contributed by atoms with Gasteiger partial charge in [0.2, 0.25) is 0 Å². The molecule has 108 valence electrons. The highest BCUT2D eigenvalue weighted by molar-refractivity contribution is 5.85. The van der Waals surface area contributed by atoms with Crippen LogP contribution >= 0.6 is 12.4 Å². The van der Waals surface area contributed by atoms with Crippen molar-refractivity contribution in [3.63, 3.8) is 0 Å². The summed E-state index contributed by atoms with van der Waals surface area (Å²) >= 11 is 0. The van der Waals surface area contributed by atoms with Crippen LogP contribution in [0.2, 0.25) is 0 Å². The largest absolute Gasteiger partial charge is 0.573 e. The number of hydrogen-bond donors (Lipinski definition) is 1. The SMILES string of the molecule is Cl.NC1(c2ccc(OC(F)(F)F)cc2)CCCOC1. The monoisotopic (exact) mass is 297 g/mol. The van der Waals surface area contributed by atoms with E-state index in [4.69, 9.17) is 10.5 Å². The van der Waals surface area contributed by atoms with Gasteiger partial charge in [-0.3, -0.25) is 0 Å². The summed E-state index contributed by atoms with van der Waals surface area (Å²) in [4.78, 5) is 0. The first kappa shape index (κ1) is 16.1. The van der Waals surface area contributed by atoms with Gasteiger partial charge < -0.3 is 15.2 Å². The van der Waals surface area contributed by atoms with Crippen LogP contribution in [0.25, 0.3) is 0 Å². The molecule has 0 amide bonds. The van der Waals surface area contributed by atoms with Crippen molar-refractivity contribution < 1.29 is 22.6 Å². The van der Waals surface area contributed by atoms with E-state index in [0.29, 0.717) is 13.2 Å². The van der Waals surface area contributed by atoms with Gasteiger partial charge in [0.25, 0.3) is 0 Å². The maximum Gasteiger partial charge on any atom is 0.573 e. The molecule has 1 aliphatic heterocycles. The predicted molar refractivity (Wildman–Crippen MR) is 66.3 cm³/mol. The molecule has 1 saturated heterocycles. The van der Waals surface area contributed by atoms with Gasteiger partial charge in [0.05, 0.1) is 12.1 Å². The fourth-order valence-corrected chi connectivity index (χ4v) is 2.03. The zero-order chi connectivity index (χ0) is 13.2. The minimum atomic E-state index is -4.67. The van der Waals surface area contributed by atoms with E-state index in [1.165, 1.54) is 12.1 Å². The lowest BCUT2D eigenvalue weighted by Crippen LogP contribution is -2.44. The summed E-state index contributed by atoms with van der Waals surface area (Å²) in [5, 5.41) is 0. The third-order valence-corrected chi connectivity index (χ3v) is 2.93. The van der Waals surface area contributed by atoms with Crippen LogP contribution < -0.4 is 10.5 Å². The second-order valence-electron chi connectivity index (χ2n) is 4.38. The zero-order valence-corrected chi connectivity index (χ0v) is 10.9. The quantitative estimate of drug-likeness (QED) is 0.913. The van der Waals surface area contributed by atoms with E-state index in [9.17, 15) is 13.2 Å². The van der Waals surface area contributed by atoms with Gasteiger partial charge in [-0.2, -0.15) is 0 Å². The van der Waals surface area contributed by atoms with Crippen LogP contribution in [0.4, 0.5) is 13.2 Å². The van der Waals surface area contributed by atoms with Crippen LogP contribution in [0, 0.1) is 0 Å². The Kier molecular flexibility index (Phi) is 5.06. The maximum absolute atomic E-state index is 12.0. The molecule has 3 nitrogen and oxygen atoms in total. The fraction of sp³-hybridized carbons (Fsp3) is 0.500. The van der Waals surface area contributed by atoms with Gasteiger partial charge in [0.1, 0.15) is 5.75 Å². The maximum atomic E-state index is 12.0. The summed E-state index contributed by atoms with van der Waals surface area (Å²) in [5.74, 6) is -0.244. The van der Waals surface area contributed by atoms with Crippen molar-refractivity contribution in [2.45, 2.75) is 24.7 Å². The van der Waals surface area contributed by atoms with Gasteiger partial charge >= 0.3 is 6.36 Å². The molecule has 0 radical (unpaired) electrons. The number of nitrogens with two attached hydrogens (primary N) is 1. The molecule has 7 heteroatoms. The van der Waals surface area contributed by atoms with Crippen molar-refractivity contribution in [3.8, 4) is 5.75 Å². The summed E-state index contributed by atoms with van der Waals surface area (Å²) in [6.07, 6.45) is -3.07. The Labute approximate surface area is 115 Å². The Morgan fingerprint density at radius 1 is 1.21 bits per heavy atom. The zero-order valence-electron chi connectivity index (χ0n) is 10.1. The smallest absolute Gasteiger partial charge is 0.406 e. The van der Waals surface area contributed by atoms with E-state index in [2.05, 4.69) is 4.74 Å². The lowest BCUT2D eigenvalue weighted by atomic mass is 9.86. The highest BCUT2D eigenvalue weighted by atomic mass is 35.5. The molecular weight excluding hydrogens is 283 g/mol. The Hall–Kier alpha value is -0.980. The van der Waals surface area contributed by atoms with Crippen LogP contribution in [0.1, 0.15) is 18.4 Å². The topological polar surface area (TPSA) is 44.5 Å². The Balaban J connectivity index is 0.00000180. The van der Waals surface area contributed by atoms with Crippen LogP contribution in [0.3, 0.4) is 0 Å². The van der Waals surface area contributed by atoms with Crippen molar-refractivity contribution in [1.82, 2.24) is 0 Å². The van der Waals surface area contributed by atoms with Crippen LogP contribution in [0.5, 0.6) is 5.75 Å². The Bertz CT molecular complexity index is 402. The molecule has 1 aromatic rings. The van der Waals surface area contributed by atoms with Gasteiger partial charge in [-0.25, -0.2) is 0 Å². The molecule has 1 fully saturated rings. The van der Waals surface area contributed by atoms with Crippen LogP contribution in [0.15, 0.2) is 24.3 Å². The first-order valence-electron chi connectivity index (χ1n) is 5.62. The molecule has 2 N–H and O–H groups in total. The number of benzene rings is 1. The molecule has 1 aromatic carbocycles. The summed E-state index contributed by atoms with van der Waals surface area (Å²) in [6, 6.07) is 5.64. The normalized spacial score (nSPS) is 23.6. The average molecular weight is 298 g/mol. The third kappa shape index (κ3) is 4.26. The van der Waals surface area contributed by atoms with E-state index in [0.717, 1.165) is 18.4 Å². The van der Waals surface area contributed by atoms with Crippen LogP contribution in [-0.2, 0) is 10.3 Å². The first-order valence-corrected chi connectivity index (χ1v) is 5.62. The highest BCUT2D eigenvalue weighted by Crippen LogP contribution is 2.30. The second kappa shape index (κ2) is 5.98. The Morgan fingerprint density at radius 3 is 2.32 bits per heavy atom. The van der Waals surface area contributed by atoms with E-state index in [-0.39, 0.29) is 18.2 Å². The summed E-state index contributed by atoms with van der Waals surface area (Å²) < 4.78 is 45.1. The second-order valence-corrected chi connectivity index (χ2v) is 4.38. The number of alkyl halides is 3. The molecule has 0 aliphatic carbocycles. The van der Waals surface area contributed by atoms with Crippen LogP contribution in [-0.4, -0.2) is 19.6 Å². The molecule has 1 atom stereocenters. The number of halogens is 4. The highest BCUT2D eigenvalue weighted by Gasteiger charge is 2.32. The average Bonchev–Trinajstić information content (AvgIpc) is 2.28. The van der Waals surface area contributed by atoms with Gasteiger partial charge in [-0.15, -0.1) is 25.6 Å². The Morgan fingerprint density at radius 2 is 1.84 bits per heavy atom. The molecule has 19 heavy (non-hydrogen) atoms. The van der Waals surface area contributed by atoms with E-state index < -0.39 is 11.9 Å². The number of hydrogen-bond acceptors (Lipinski definition) is 3. The van der Waals surface area contributed by atoms with Gasteiger partial charge in [0, 0.05) is 6.61 Å². The minimum Gasteiger partial charge on any atom is -0.406 e. The van der Waals surface area contributed by atoms with Gasteiger partial charge in [-0.1, -0.05) is 12.1 Å². The molecule has 2 rings (SSSR count). The molecule has 0 spiro atoms. The summed E-state index contributed by atoms with van der Waals surface area (Å²) in [7, 11) is 0. The van der Waals surface area contributed by atoms with Crippen molar-refractivity contribution in [3.05, 3.63) is 29.8 Å². The standard InChI is InChI=1S/C12H14F3NO2.ClH/c13-12(14,15)18-10-4-2-9(3-5-10)11(16)6-1-7-17-8-11;/h2-5H,1,6-8,16H2;1H. The fourth-order valence-electron chi connectivity index (χ4n) is 2.03. The van der Waals surface area contributed by atoms with E-state index in [1.807, 2.05) is 0 Å². The molecule has 1 aliphatic rings. The molecular formula is C12H15ClF3NO2. The number of rotatable bonds is 2. The predicted octanol–water partition coefficient (Wildman–Crippen LogP) is 2.97. The first-order chi connectivity index (χ1) is 8.39. The molecule has 0 aromatic heterocycles. The van der Waals surface area contributed by atoms with E-state index >= 15 is 0 Å². The van der Waals surface area contributed by atoms with Gasteiger partial charge in [0.15, 0.2) is 0 Å². The summed E-state index contributed by atoms with van der Waals surface area (Å²) in [6.45, 7) is 1.06.